The van der Waals surface area contributed by atoms with Crippen LogP contribution in [0.5, 0.6) is 0 Å². The van der Waals surface area contributed by atoms with E-state index in [2.05, 4.69) is 26.3 Å². The van der Waals surface area contributed by atoms with Crippen molar-refractivity contribution in [1.29, 1.82) is 0 Å². The Bertz CT molecular complexity index is 783. The zero-order valence-electron chi connectivity index (χ0n) is 11.7. The Labute approximate surface area is 136 Å². The summed E-state index contributed by atoms with van der Waals surface area (Å²) in [5.41, 5.74) is 2.55. The van der Waals surface area contributed by atoms with Crippen molar-refractivity contribution in [2.24, 2.45) is 0 Å². The Hall–Kier alpha value is -2.40. The summed E-state index contributed by atoms with van der Waals surface area (Å²) >= 11 is 3.38. The monoisotopic (exact) mass is 355 g/mol. The van der Waals surface area contributed by atoms with E-state index in [4.69, 9.17) is 0 Å². The fourth-order valence-corrected chi connectivity index (χ4v) is 2.47. The number of nitrogens with one attached hydrogen (secondary N) is 1. The highest BCUT2D eigenvalue weighted by atomic mass is 79.9. The van der Waals surface area contributed by atoms with Gasteiger partial charge < -0.3 is 5.32 Å². The molecular weight excluding hydrogens is 342 g/mol. The fourth-order valence-electron chi connectivity index (χ4n) is 2.19. The van der Waals surface area contributed by atoms with Gasteiger partial charge in [-0.15, -0.1) is 0 Å². The lowest BCUT2D eigenvalue weighted by atomic mass is 10.1. The highest BCUT2D eigenvalue weighted by Gasteiger charge is 2.09. The van der Waals surface area contributed by atoms with Crippen LogP contribution in [0.2, 0.25) is 0 Å². The summed E-state index contributed by atoms with van der Waals surface area (Å²) in [5, 5.41) is 7.21. The van der Waals surface area contributed by atoms with Crippen LogP contribution in [0, 0.1) is 0 Å². The van der Waals surface area contributed by atoms with Crippen molar-refractivity contribution in [2.75, 3.05) is 5.32 Å². The molecule has 0 aliphatic heterocycles. The molecule has 0 radical (unpaired) electrons. The van der Waals surface area contributed by atoms with E-state index in [0.29, 0.717) is 6.42 Å². The number of halogens is 1. The quantitative estimate of drug-likeness (QED) is 0.773. The summed E-state index contributed by atoms with van der Waals surface area (Å²) in [7, 11) is 0. The number of amides is 1. The van der Waals surface area contributed by atoms with Crippen LogP contribution < -0.4 is 5.32 Å². The standard InChI is InChI=1S/C17H14BrN3O/c18-14-11-19-21(12-14)16-9-5-4-8-15(16)20-17(22)10-13-6-2-1-3-7-13/h1-9,11-12H,10H2,(H,20,22). The molecule has 5 heteroatoms. The molecule has 3 rings (SSSR count). The van der Waals surface area contributed by atoms with E-state index in [1.807, 2.05) is 60.8 Å². The number of benzene rings is 2. The minimum absolute atomic E-state index is 0.0510. The molecule has 1 N–H and O–H groups in total. The number of carbonyl (C=O) groups excluding carboxylic acids is 1. The Balaban J connectivity index is 1.79. The van der Waals surface area contributed by atoms with E-state index in [0.717, 1.165) is 21.4 Å². The fraction of sp³-hybridized carbons (Fsp3) is 0.0588. The largest absolute Gasteiger partial charge is 0.324 e. The Kier molecular flexibility index (Phi) is 4.34. The molecule has 0 spiro atoms. The zero-order chi connectivity index (χ0) is 15.4. The van der Waals surface area contributed by atoms with E-state index >= 15 is 0 Å². The van der Waals surface area contributed by atoms with Crippen molar-refractivity contribution >= 4 is 27.5 Å². The van der Waals surface area contributed by atoms with Crippen molar-refractivity contribution in [3.8, 4) is 5.69 Å². The number of aromatic nitrogens is 2. The number of nitrogens with zero attached hydrogens (tertiary/aromatic N) is 2. The minimum Gasteiger partial charge on any atom is -0.324 e. The van der Waals surface area contributed by atoms with Gasteiger partial charge in [0.1, 0.15) is 0 Å². The van der Waals surface area contributed by atoms with Crippen molar-refractivity contribution in [1.82, 2.24) is 9.78 Å². The van der Waals surface area contributed by atoms with Crippen LogP contribution >= 0.6 is 15.9 Å². The van der Waals surface area contributed by atoms with Crippen molar-refractivity contribution in [3.63, 3.8) is 0 Å². The van der Waals surface area contributed by atoms with Gasteiger partial charge in [0.05, 0.1) is 28.5 Å². The second-order valence-electron chi connectivity index (χ2n) is 4.83. The summed E-state index contributed by atoms with van der Waals surface area (Å²) in [6, 6.07) is 17.3. The van der Waals surface area contributed by atoms with Crippen LogP contribution in [-0.2, 0) is 11.2 Å². The molecule has 0 atom stereocenters. The number of hydrogen-bond donors (Lipinski definition) is 1. The predicted molar refractivity (Wildman–Crippen MR) is 90.0 cm³/mol. The lowest BCUT2D eigenvalue weighted by molar-refractivity contribution is -0.115. The highest BCUT2D eigenvalue weighted by Crippen LogP contribution is 2.21. The highest BCUT2D eigenvalue weighted by molar-refractivity contribution is 9.10. The van der Waals surface area contributed by atoms with Crippen LogP contribution in [0.3, 0.4) is 0 Å². The number of hydrogen-bond acceptors (Lipinski definition) is 2. The van der Waals surface area contributed by atoms with Crippen molar-refractivity contribution in [2.45, 2.75) is 6.42 Å². The maximum Gasteiger partial charge on any atom is 0.228 e. The summed E-state index contributed by atoms with van der Waals surface area (Å²) in [6.07, 6.45) is 3.91. The molecule has 1 amide bonds. The molecule has 22 heavy (non-hydrogen) atoms. The molecule has 0 bridgehead atoms. The summed E-state index contributed by atoms with van der Waals surface area (Å²) in [5.74, 6) is -0.0510. The number of carbonyl (C=O) groups is 1. The van der Waals surface area contributed by atoms with E-state index < -0.39 is 0 Å². The summed E-state index contributed by atoms with van der Waals surface area (Å²) in [6.45, 7) is 0. The molecule has 0 saturated carbocycles. The molecule has 0 unspecified atom stereocenters. The van der Waals surface area contributed by atoms with E-state index in [9.17, 15) is 4.79 Å². The summed E-state index contributed by atoms with van der Waals surface area (Å²) < 4.78 is 2.61. The third-order valence-electron chi connectivity index (χ3n) is 3.18. The molecule has 4 nitrogen and oxygen atoms in total. The SMILES string of the molecule is O=C(Cc1ccccc1)Nc1ccccc1-n1cc(Br)cn1. The first kappa shape index (κ1) is 14.5. The Morgan fingerprint density at radius 2 is 1.82 bits per heavy atom. The number of anilines is 1. The second-order valence-corrected chi connectivity index (χ2v) is 5.75. The summed E-state index contributed by atoms with van der Waals surface area (Å²) in [4.78, 5) is 12.2. The normalized spacial score (nSPS) is 10.4. The molecule has 0 saturated heterocycles. The predicted octanol–water partition coefficient (Wildman–Crippen LogP) is 3.82. The molecular formula is C17H14BrN3O. The Morgan fingerprint density at radius 1 is 1.09 bits per heavy atom. The van der Waals surface area contributed by atoms with E-state index in [1.165, 1.54) is 0 Å². The van der Waals surface area contributed by atoms with Crippen LogP contribution in [0.25, 0.3) is 5.69 Å². The van der Waals surface area contributed by atoms with Gasteiger partial charge in [-0.3, -0.25) is 4.79 Å². The van der Waals surface area contributed by atoms with Crippen LogP contribution in [0.1, 0.15) is 5.56 Å². The van der Waals surface area contributed by atoms with E-state index in [-0.39, 0.29) is 5.91 Å². The maximum absolute atomic E-state index is 12.2. The molecule has 1 aromatic heterocycles. The third kappa shape index (κ3) is 3.43. The third-order valence-corrected chi connectivity index (χ3v) is 3.59. The molecule has 0 aliphatic carbocycles. The van der Waals surface area contributed by atoms with Crippen LogP contribution in [0.4, 0.5) is 5.69 Å². The van der Waals surface area contributed by atoms with Gasteiger partial charge in [-0.05, 0) is 33.6 Å². The first-order valence-electron chi connectivity index (χ1n) is 6.86. The zero-order valence-corrected chi connectivity index (χ0v) is 13.3. The van der Waals surface area contributed by atoms with Crippen molar-refractivity contribution in [3.05, 3.63) is 77.0 Å². The smallest absolute Gasteiger partial charge is 0.228 e. The number of rotatable bonds is 4. The van der Waals surface area contributed by atoms with Crippen molar-refractivity contribution < 1.29 is 4.79 Å². The van der Waals surface area contributed by atoms with Gasteiger partial charge in [-0.1, -0.05) is 42.5 Å². The molecule has 110 valence electrons. The van der Waals surface area contributed by atoms with Gasteiger partial charge in [0.15, 0.2) is 0 Å². The van der Waals surface area contributed by atoms with Gasteiger partial charge in [0.25, 0.3) is 0 Å². The van der Waals surface area contributed by atoms with Gasteiger partial charge >= 0.3 is 0 Å². The first-order chi connectivity index (χ1) is 10.7. The lowest BCUT2D eigenvalue weighted by Gasteiger charge is -2.11. The maximum atomic E-state index is 12.2. The first-order valence-corrected chi connectivity index (χ1v) is 7.65. The Morgan fingerprint density at radius 3 is 2.55 bits per heavy atom. The topological polar surface area (TPSA) is 46.9 Å². The average Bonchev–Trinajstić information content (AvgIpc) is 2.95. The lowest BCUT2D eigenvalue weighted by Crippen LogP contribution is -2.16. The van der Waals surface area contributed by atoms with Crippen LogP contribution in [-0.4, -0.2) is 15.7 Å². The molecule has 0 aliphatic rings. The van der Waals surface area contributed by atoms with Gasteiger partial charge in [0.2, 0.25) is 5.91 Å². The van der Waals surface area contributed by atoms with Gasteiger partial charge in [0, 0.05) is 6.20 Å². The van der Waals surface area contributed by atoms with Gasteiger partial charge in [-0.25, -0.2) is 4.68 Å². The molecule has 1 heterocycles. The molecule has 2 aromatic carbocycles. The molecule has 3 aromatic rings. The van der Waals surface area contributed by atoms with E-state index in [1.54, 1.807) is 10.9 Å². The second kappa shape index (κ2) is 6.58. The van der Waals surface area contributed by atoms with Gasteiger partial charge in [-0.2, -0.15) is 5.10 Å². The molecule has 0 fully saturated rings. The van der Waals surface area contributed by atoms with Crippen LogP contribution in [0.15, 0.2) is 71.5 Å². The minimum atomic E-state index is -0.0510. The average molecular weight is 356 g/mol. The number of para-hydroxylation sites is 2.